The van der Waals surface area contributed by atoms with Crippen molar-refractivity contribution < 1.29 is 14.3 Å². The number of piperidine rings is 1. The smallest absolute Gasteiger partial charge is 0.236 e. The van der Waals surface area contributed by atoms with Gasteiger partial charge >= 0.3 is 0 Å². The van der Waals surface area contributed by atoms with Crippen LogP contribution in [-0.2, 0) is 16.0 Å². The van der Waals surface area contributed by atoms with Gasteiger partial charge in [0, 0.05) is 26.7 Å². The Hall–Kier alpha value is -1.59. The van der Waals surface area contributed by atoms with E-state index in [0.717, 1.165) is 38.1 Å². The number of amides is 1. The van der Waals surface area contributed by atoms with Crippen LogP contribution < -0.4 is 10.1 Å². The van der Waals surface area contributed by atoms with Crippen molar-refractivity contribution in [2.45, 2.75) is 19.3 Å². The standard InChI is InChI=1S/C18H28N2O3/c1-22-12-9-19-14-18(21)20-10-7-15(8-11-20)13-16-5-3-4-6-17(16)23-2/h3-6,15,19H,7-14H2,1-2H3. The van der Waals surface area contributed by atoms with Crippen molar-refractivity contribution in [3.63, 3.8) is 0 Å². The Morgan fingerprint density at radius 2 is 2.00 bits per heavy atom. The lowest BCUT2D eigenvalue weighted by Crippen LogP contribution is -2.43. The van der Waals surface area contributed by atoms with Gasteiger partial charge in [-0.3, -0.25) is 4.79 Å². The first-order valence-corrected chi connectivity index (χ1v) is 8.34. The summed E-state index contributed by atoms with van der Waals surface area (Å²) in [5.74, 6) is 1.78. The molecule has 1 heterocycles. The SMILES string of the molecule is COCCNCC(=O)N1CCC(Cc2ccccc2OC)CC1. The Kier molecular flexibility index (Phi) is 7.36. The fourth-order valence-electron chi connectivity index (χ4n) is 3.05. The van der Waals surface area contributed by atoms with E-state index in [0.29, 0.717) is 25.6 Å². The second-order valence-electron chi connectivity index (χ2n) is 6.01. The number of para-hydroxylation sites is 1. The van der Waals surface area contributed by atoms with Gasteiger partial charge in [0.25, 0.3) is 0 Å². The first-order valence-electron chi connectivity index (χ1n) is 8.34. The number of carbonyl (C=O) groups excluding carboxylic acids is 1. The van der Waals surface area contributed by atoms with Crippen molar-refractivity contribution in [3.05, 3.63) is 29.8 Å². The molecule has 0 aromatic heterocycles. The molecule has 5 nitrogen and oxygen atoms in total. The summed E-state index contributed by atoms with van der Waals surface area (Å²) in [6.07, 6.45) is 3.14. The molecule has 1 aliphatic heterocycles. The van der Waals surface area contributed by atoms with Crippen molar-refractivity contribution in [3.8, 4) is 5.75 Å². The molecule has 0 aliphatic carbocycles. The third-order valence-corrected chi connectivity index (χ3v) is 4.43. The molecule has 0 atom stereocenters. The van der Waals surface area contributed by atoms with Crippen molar-refractivity contribution >= 4 is 5.91 Å². The maximum absolute atomic E-state index is 12.1. The van der Waals surface area contributed by atoms with Gasteiger partial charge in [-0.1, -0.05) is 18.2 Å². The zero-order valence-corrected chi connectivity index (χ0v) is 14.2. The molecule has 0 saturated carbocycles. The fourth-order valence-corrected chi connectivity index (χ4v) is 3.05. The number of hydrogen-bond donors (Lipinski definition) is 1. The molecule has 0 spiro atoms. The van der Waals surface area contributed by atoms with Crippen LogP contribution in [0.25, 0.3) is 0 Å². The van der Waals surface area contributed by atoms with Crippen molar-refractivity contribution in [1.82, 2.24) is 10.2 Å². The van der Waals surface area contributed by atoms with E-state index < -0.39 is 0 Å². The van der Waals surface area contributed by atoms with Gasteiger partial charge in [-0.2, -0.15) is 0 Å². The van der Waals surface area contributed by atoms with Gasteiger partial charge in [0.05, 0.1) is 20.3 Å². The van der Waals surface area contributed by atoms with Crippen LogP contribution in [0.15, 0.2) is 24.3 Å². The number of nitrogens with zero attached hydrogens (tertiary/aromatic N) is 1. The molecular formula is C18H28N2O3. The van der Waals surface area contributed by atoms with Crippen LogP contribution in [0.5, 0.6) is 5.75 Å². The van der Waals surface area contributed by atoms with E-state index in [-0.39, 0.29) is 5.91 Å². The predicted octanol–water partition coefficient (Wildman–Crippen LogP) is 1.71. The second-order valence-corrected chi connectivity index (χ2v) is 6.01. The van der Waals surface area contributed by atoms with Crippen molar-refractivity contribution in [2.24, 2.45) is 5.92 Å². The number of methoxy groups -OCH3 is 2. The van der Waals surface area contributed by atoms with Crippen LogP contribution in [0, 0.1) is 5.92 Å². The van der Waals surface area contributed by atoms with E-state index >= 15 is 0 Å². The van der Waals surface area contributed by atoms with Crippen LogP contribution in [0.3, 0.4) is 0 Å². The van der Waals surface area contributed by atoms with Crippen LogP contribution in [0.2, 0.25) is 0 Å². The maximum atomic E-state index is 12.1. The minimum atomic E-state index is 0.192. The van der Waals surface area contributed by atoms with Crippen molar-refractivity contribution in [2.75, 3.05) is 47.0 Å². The normalized spacial score (nSPS) is 15.7. The minimum Gasteiger partial charge on any atom is -0.496 e. The molecule has 23 heavy (non-hydrogen) atoms. The molecule has 2 rings (SSSR count). The summed E-state index contributed by atoms with van der Waals surface area (Å²) in [5, 5.41) is 3.12. The zero-order chi connectivity index (χ0) is 16.5. The summed E-state index contributed by atoms with van der Waals surface area (Å²) in [6.45, 7) is 3.45. The number of rotatable bonds is 8. The number of ether oxygens (including phenoxy) is 2. The van der Waals surface area contributed by atoms with E-state index in [2.05, 4.69) is 17.4 Å². The highest BCUT2D eigenvalue weighted by Crippen LogP contribution is 2.26. The zero-order valence-electron chi connectivity index (χ0n) is 14.2. The average Bonchev–Trinajstić information content (AvgIpc) is 2.59. The first-order chi connectivity index (χ1) is 11.2. The van der Waals surface area contributed by atoms with Gasteiger partial charge in [0.15, 0.2) is 0 Å². The lowest BCUT2D eigenvalue weighted by atomic mass is 9.90. The number of hydrogen-bond acceptors (Lipinski definition) is 4. The molecule has 0 unspecified atom stereocenters. The van der Waals surface area contributed by atoms with Gasteiger partial charge < -0.3 is 19.7 Å². The summed E-state index contributed by atoms with van der Waals surface area (Å²) >= 11 is 0. The van der Waals surface area contributed by atoms with E-state index in [1.807, 2.05) is 17.0 Å². The molecule has 1 amide bonds. The molecule has 1 fully saturated rings. The first kappa shape index (κ1) is 17.8. The van der Waals surface area contributed by atoms with E-state index in [1.54, 1.807) is 14.2 Å². The minimum absolute atomic E-state index is 0.192. The summed E-state index contributed by atoms with van der Waals surface area (Å²) < 4.78 is 10.4. The lowest BCUT2D eigenvalue weighted by Gasteiger charge is -2.32. The van der Waals surface area contributed by atoms with Gasteiger partial charge in [-0.05, 0) is 36.8 Å². The molecule has 0 bridgehead atoms. The number of carbonyl (C=O) groups is 1. The third-order valence-electron chi connectivity index (χ3n) is 4.43. The Bertz CT molecular complexity index is 485. The van der Waals surface area contributed by atoms with Crippen molar-refractivity contribution in [1.29, 1.82) is 0 Å². The average molecular weight is 320 g/mol. The molecule has 5 heteroatoms. The number of benzene rings is 1. The highest BCUT2D eigenvalue weighted by molar-refractivity contribution is 5.78. The van der Waals surface area contributed by atoms with Gasteiger partial charge in [0.2, 0.25) is 5.91 Å². The summed E-state index contributed by atoms with van der Waals surface area (Å²) in [4.78, 5) is 14.1. The Balaban J connectivity index is 1.74. The number of likely N-dealkylation sites (tertiary alicyclic amines) is 1. The quantitative estimate of drug-likeness (QED) is 0.741. The predicted molar refractivity (Wildman–Crippen MR) is 90.7 cm³/mol. The lowest BCUT2D eigenvalue weighted by molar-refractivity contribution is -0.131. The molecule has 0 radical (unpaired) electrons. The Morgan fingerprint density at radius 1 is 1.26 bits per heavy atom. The van der Waals surface area contributed by atoms with Crippen LogP contribution in [0.4, 0.5) is 0 Å². The van der Waals surface area contributed by atoms with Gasteiger partial charge in [-0.25, -0.2) is 0 Å². The highest BCUT2D eigenvalue weighted by atomic mass is 16.5. The number of nitrogens with one attached hydrogen (secondary N) is 1. The molecule has 1 N–H and O–H groups in total. The Morgan fingerprint density at radius 3 is 2.70 bits per heavy atom. The molecule has 1 aliphatic rings. The summed E-state index contributed by atoms with van der Waals surface area (Å²) in [6, 6.07) is 8.21. The van der Waals surface area contributed by atoms with Gasteiger partial charge in [0.1, 0.15) is 5.75 Å². The maximum Gasteiger partial charge on any atom is 0.236 e. The molecular weight excluding hydrogens is 292 g/mol. The Labute approximate surface area is 139 Å². The third kappa shape index (κ3) is 5.52. The largest absolute Gasteiger partial charge is 0.496 e. The molecule has 128 valence electrons. The van der Waals surface area contributed by atoms with Crippen LogP contribution in [-0.4, -0.2) is 57.8 Å². The van der Waals surface area contributed by atoms with E-state index in [9.17, 15) is 4.79 Å². The van der Waals surface area contributed by atoms with Crippen LogP contribution >= 0.6 is 0 Å². The summed E-state index contributed by atoms with van der Waals surface area (Å²) in [5.41, 5.74) is 1.26. The highest BCUT2D eigenvalue weighted by Gasteiger charge is 2.23. The monoisotopic (exact) mass is 320 g/mol. The topological polar surface area (TPSA) is 50.8 Å². The second kappa shape index (κ2) is 9.53. The van der Waals surface area contributed by atoms with E-state index in [4.69, 9.17) is 9.47 Å². The van der Waals surface area contributed by atoms with Gasteiger partial charge in [-0.15, -0.1) is 0 Å². The molecule has 1 saturated heterocycles. The summed E-state index contributed by atoms with van der Waals surface area (Å²) in [7, 11) is 3.38. The fraction of sp³-hybridized carbons (Fsp3) is 0.611. The van der Waals surface area contributed by atoms with Crippen LogP contribution in [0.1, 0.15) is 18.4 Å². The van der Waals surface area contributed by atoms with E-state index in [1.165, 1.54) is 5.56 Å². The molecule has 1 aromatic carbocycles. The molecule has 1 aromatic rings.